The Morgan fingerprint density at radius 2 is 1.87 bits per heavy atom. The number of unbranched alkanes of at least 4 members (excludes halogenated alkanes) is 1. The highest BCUT2D eigenvalue weighted by atomic mass is 32.1. The Labute approximate surface area is 182 Å². The summed E-state index contributed by atoms with van der Waals surface area (Å²) in [5, 5.41) is 1.05. The minimum absolute atomic E-state index is 0.176. The number of hydrogen-bond acceptors (Lipinski definition) is 5. The fourth-order valence-electron chi connectivity index (χ4n) is 3.60. The molecule has 1 aliphatic heterocycles. The van der Waals surface area contributed by atoms with Crippen molar-refractivity contribution in [2.75, 3.05) is 13.2 Å². The smallest absolute Gasteiger partial charge is 0.184 e. The molecule has 0 radical (unpaired) electrons. The van der Waals surface area contributed by atoms with E-state index in [-0.39, 0.29) is 12.4 Å². The van der Waals surface area contributed by atoms with Gasteiger partial charge in [-0.05, 0) is 62.1 Å². The van der Waals surface area contributed by atoms with Gasteiger partial charge in [-0.2, -0.15) is 0 Å². The van der Waals surface area contributed by atoms with Gasteiger partial charge in [-0.15, -0.1) is 11.3 Å². The lowest BCUT2D eigenvalue weighted by Gasteiger charge is -2.14. The zero-order valence-electron chi connectivity index (χ0n) is 17.9. The van der Waals surface area contributed by atoms with Crippen molar-refractivity contribution in [1.82, 2.24) is 4.98 Å². The second kappa shape index (κ2) is 9.73. The van der Waals surface area contributed by atoms with Gasteiger partial charge in [0.05, 0.1) is 24.2 Å². The quantitative estimate of drug-likeness (QED) is 0.406. The maximum atomic E-state index is 5.75. The van der Waals surface area contributed by atoms with Gasteiger partial charge < -0.3 is 14.2 Å². The Hall–Kier alpha value is -2.21. The highest BCUT2D eigenvalue weighted by Crippen LogP contribution is 2.36. The zero-order chi connectivity index (χ0) is 20.9. The number of nitrogens with zero attached hydrogens (tertiary/aromatic N) is 1. The van der Waals surface area contributed by atoms with Crippen LogP contribution >= 0.6 is 11.3 Å². The number of aryl methyl sites for hydroxylation is 1. The average molecular weight is 424 g/mol. The van der Waals surface area contributed by atoms with Crippen LogP contribution in [0.25, 0.3) is 21.0 Å². The third-order valence-corrected chi connectivity index (χ3v) is 6.15. The van der Waals surface area contributed by atoms with Crippen molar-refractivity contribution in [2.45, 2.75) is 52.4 Å². The molecule has 5 heteroatoms. The van der Waals surface area contributed by atoms with Crippen LogP contribution in [0.4, 0.5) is 0 Å². The normalized spacial score (nSPS) is 14.5. The molecule has 1 fully saturated rings. The number of thiazole rings is 1. The molecule has 1 saturated heterocycles. The number of ether oxygens (including phenoxy) is 3. The summed E-state index contributed by atoms with van der Waals surface area (Å²) >= 11 is 1.73. The molecule has 2 aromatic carbocycles. The van der Waals surface area contributed by atoms with Crippen molar-refractivity contribution in [3.05, 3.63) is 59.8 Å². The van der Waals surface area contributed by atoms with Gasteiger partial charge in [-0.3, -0.25) is 0 Å². The van der Waals surface area contributed by atoms with Crippen molar-refractivity contribution < 1.29 is 14.2 Å². The third kappa shape index (κ3) is 4.91. The first-order valence-electron chi connectivity index (χ1n) is 10.7. The molecule has 1 aliphatic rings. The lowest BCUT2D eigenvalue weighted by molar-refractivity contribution is -0.0441. The second-order valence-electron chi connectivity index (χ2n) is 7.81. The van der Waals surface area contributed by atoms with E-state index in [9.17, 15) is 0 Å². The predicted octanol–water partition coefficient (Wildman–Crippen LogP) is 6.65. The molecule has 1 aromatic heterocycles. The predicted molar refractivity (Wildman–Crippen MR) is 122 cm³/mol. The standard InChI is InChI=1S/C25H29NO3S/c1-4-5-6-19-15-20(25-27-13-14-28-25)9-12-22(19)24-26-16-23(30-24)18-7-10-21(11-8-18)29-17(2)3/h7-12,15-17,25H,4-6,13-14H2,1-3H3. The first kappa shape index (κ1) is 21.0. The summed E-state index contributed by atoms with van der Waals surface area (Å²) in [5.74, 6) is 0.896. The molecule has 4 rings (SSSR count). The fraction of sp³-hybridized carbons (Fsp3) is 0.400. The molecule has 0 saturated carbocycles. The van der Waals surface area contributed by atoms with E-state index in [0.29, 0.717) is 13.2 Å². The lowest BCUT2D eigenvalue weighted by Crippen LogP contribution is -2.04. The van der Waals surface area contributed by atoms with Gasteiger partial charge >= 0.3 is 0 Å². The van der Waals surface area contributed by atoms with Crippen LogP contribution < -0.4 is 4.74 Å². The summed E-state index contributed by atoms with van der Waals surface area (Å²) in [6, 6.07) is 14.8. The second-order valence-corrected chi connectivity index (χ2v) is 8.84. The number of hydrogen-bond donors (Lipinski definition) is 0. The van der Waals surface area contributed by atoms with Crippen molar-refractivity contribution in [1.29, 1.82) is 0 Å². The first-order valence-corrected chi connectivity index (χ1v) is 11.5. The Kier molecular flexibility index (Phi) is 6.82. The van der Waals surface area contributed by atoms with Crippen molar-refractivity contribution in [2.24, 2.45) is 0 Å². The van der Waals surface area contributed by atoms with E-state index >= 15 is 0 Å². The molecule has 0 aliphatic carbocycles. The SMILES string of the molecule is CCCCc1cc(C2OCCO2)ccc1-c1ncc(-c2ccc(OC(C)C)cc2)s1. The summed E-state index contributed by atoms with van der Waals surface area (Å²) in [6.45, 7) is 7.62. The Balaban J connectivity index is 1.59. The average Bonchev–Trinajstić information content (AvgIpc) is 3.44. The summed E-state index contributed by atoms with van der Waals surface area (Å²) in [4.78, 5) is 5.92. The van der Waals surface area contributed by atoms with E-state index in [0.717, 1.165) is 46.0 Å². The minimum atomic E-state index is -0.238. The van der Waals surface area contributed by atoms with Gasteiger partial charge in [-0.25, -0.2) is 4.98 Å². The Morgan fingerprint density at radius 1 is 1.10 bits per heavy atom. The Morgan fingerprint density at radius 3 is 2.57 bits per heavy atom. The van der Waals surface area contributed by atoms with Gasteiger partial charge in [-0.1, -0.05) is 31.5 Å². The highest BCUT2D eigenvalue weighted by Gasteiger charge is 2.20. The van der Waals surface area contributed by atoms with Crippen LogP contribution in [0.3, 0.4) is 0 Å². The van der Waals surface area contributed by atoms with E-state index < -0.39 is 0 Å². The summed E-state index contributed by atoms with van der Waals surface area (Å²) in [6.07, 6.45) is 5.25. The third-order valence-electron chi connectivity index (χ3n) is 5.07. The maximum absolute atomic E-state index is 5.75. The van der Waals surface area contributed by atoms with Crippen molar-refractivity contribution in [3.63, 3.8) is 0 Å². The van der Waals surface area contributed by atoms with Gasteiger partial charge in [0.15, 0.2) is 6.29 Å². The Bertz CT molecular complexity index is 959. The topological polar surface area (TPSA) is 40.6 Å². The van der Waals surface area contributed by atoms with Crippen LogP contribution in [-0.2, 0) is 15.9 Å². The molecule has 158 valence electrons. The van der Waals surface area contributed by atoms with E-state index in [1.807, 2.05) is 32.2 Å². The molecule has 0 bridgehead atoms. The lowest BCUT2D eigenvalue weighted by atomic mass is 9.99. The molecule has 0 atom stereocenters. The number of rotatable bonds is 8. The molecule has 3 aromatic rings. The van der Waals surface area contributed by atoms with Gasteiger partial charge in [0.25, 0.3) is 0 Å². The van der Waals surface area contributed by atoms with Crippen LogP contribution in [0, 0.1) is 0 Å². The number of aromatic nitrogens is 1. The molecule has 0 spiro atoms. The molecule has 30 heavy (non-hydrogen) atoms. The van der Waals surface area contributed by atoms with Gasteiger partial charge in [0, 0.05) is 17.3 Å². The van der Waals surface area contributed by atoms with Crippen LogP contribution in [-0.4, -0.2) is 24.3 Å². The first-order chi connectivity index (χ1) is 14.6. The van der Waals surface area contributed by atoms with Crippen LogP contribution in [0.1, 0.15) is 51.0 Å². The van der Waals surface area contributed by atoms with E-state index in [1.165, 1.54) is 11.1 Å². The van der Waals surface area contributed by atoms with E-state index in [4.69, 9.17) is 19.2 Å². The molecular formula is C25H29NO3S. The van der Waals surface area contributed by atoms with E-state index in [2.05, 4.69) is 37.3 Å². The van der Waals surface area contributed by atoms with Crippen LogP contribution in [0.15, 0.2) is 48.7 Å². The van der Waals surface area contributed by atoms with Crippen LogP contribution in [0.2, 0.25) is 0 Å². The number of benzene rings is 2. The molecule has 0 N–H and O–H groups in total. The monoisotopic (exact) mass is 423 g/mol. The molecule has 0 unspecified atom stereocenters. The molecular weight excluding hydrogens is 394 g/mol. The largest absolute Gasteiger partial charge is 0.491 e. The summed E-state index contributed by atoms with van der Waals surface area (Å²) in [7, 11) is 0. The fourth-order valence-corrected chi connectivity index (χ4v) is 4.58. The van der Waals surface area contributed by atoms with E-state index in [1.54, 1.807) is 11.3 Å². The highest BCUT2D eigenvalue weighted by molar-refractivity contribution is 7.18. The molecule has 2 heterocycles. The van der Waals surface area contributed by atoms with Crippen LogP contribution in [0.5, 0.6) is 5.75 Å². The molecule has 0 amide bonds. The van der Waals surface area contributed by atoms with Crippen molar-refractivity contribution >= 4 is 11.3 Å². The minimum Gasteiger partial charge on any atom is -0.491 e. The van der Waals surface area contributed by atoms with Gasteiger partial charge in [0.2, 0.25) is 0 Å². The molecule has 4 nitrogen and oxygen atoms in total. The zero-order valence-corrected chi connectivity index (χ0v) is 18.7. The summed E-state index contributed by atoms with van der Waals surface area (Å²) in [5.41, 5.74) is 4.78. The van der Waals surface area contributed by atoms with Gasteiger partial charge in [0.1, 0.15) is 10.8 Å². The van der Waals surface area contributed by atoms with Crippen molar-refractivity contribution in [3.8, 4) is 26.8 Å². The maximum Gasteiger partial charge on any atom is 0.184 e. The summed E-state index contributed by atoms with van der Waals surface area (Å²) < 4.78 is 17.1.